The standard InChI is InChI=1S/C6H8N2S.C2H6/c1-3-5(7)6(4-2)8-9;1-2/h3-4,7,9H,1-2H2;1-2H3/b7-5?,8-6-;. The van der Waals surface area contributed by atoms with E-state index in [0.29, 0.717) is 5.71 Å². The van der Waals surface area contributed by atoms with Crippen molar-refractivity contribution in [2.24, 2.45) is 4.40 Å². The molecule has 1 N–H and O–H groups in total. The van der Waals surface area contributed by atoms with Gasteiger partial charge in [0.05, 0.1) is 11.4 Å². The molecule has 0 spiro atoms. The number of hydrogen-bond donors (Lipinski definition) is 2. The summed E-state index contributed by atoms with van der Waals surface area (Å²) in [7, 11) is 0. The van der Waals surface area contributed by atoms with Crippen molar-refractivity contribution in [3.63, 3.8) is 0 Å². The molecule has 0 amide bonds. The van der Waals surface area contributed by atoms with Crippen LogP contribution in [0.3, 0.4) is 0 Å². The SMILES string of the molecule is C=CC(=N)/C(C=C)=N\S.CC. The fraction of sp³-hybridized carbons (Fsp3) is 0.250. The largest absolute Gasteiger partial charge is 0.299 e. The predicted octanol–water partition coefficient (Wildman–Crippen LogP) is 2.69. The second-order valence-electron chi connectivity index (χ2n) is 1.31. The molecule has 0 saturated carbocycles. The van der Waals surface area contributed by atoms with Gasteiger partial charge in [0.2, 0.25) is 0 Å². The summed E-state index contributed by atoms with van der Waals surface area (Å²) in [6.45, 7) is 10.8. The van der Waals surface area contributed by atoms with Crippen molar-refractivity contribution in [2.45, 2.75) is 13.8 Å². The van der Waals surface area contributed by atoms with Crippen molar-refractivity contribution >= 4 is 24.2 Å². The van der Waals surface area contributed by atoms with E-state index in [0.717, 1.165) is 0 Å². The van der Waals surface area contributed by atoms with Crippen LogP contribution in [0.1, 0.15) is 13.8 Å². The maximum Gasteiger partial charge on any atom is 0.0953 e. The number of nitrogens with zero attached hydrogens (tertiary/aromatic N) is 1. The van der Waals surface area contributed by atoms with Gasteiger partial charge in [0.15, 0.2) is 0 Å². The number of hydrogen-bond acceptors (Lipinski definition) is 3. The molecule has 2 nitrogen and oxygen atoms in total. The minimum absolute atomic E-state index is 0.236. The minimum atomic E-state index is 0.236. The highest BCUT2D eigenvalue weighted by Gasteiger charge is 1.94. The first-order valence-corrected chi connectivity index (χ1v) is 3.72. The molecule has 0 bridgehead atoms. The molecule has 11 heavy (non-hydrogen) atoms. The Bertz CT molecular complexity index is 171. The van der Waals surface area contributed by atoms with Gasteiger partial charge < -0.3 is 0 Å². The molecule has 0 aliphatic rings. The Morgan fingerprint density at radius 3 is 1.91 bits per heavy atom. The molecule has 0 aromatic carbocycles. The van der Waals surface area contributed by atoms with E-state index in [2.05, 4.69) is 30.4 Å². The van der Waals surface area contributed by atoms with Crippen LogP contribution in [0.25, 0.3) is 0 Å². The van der Waals surface area contributed by atoms with Gasteiger partial charge in [-0.05, 0) is 25.0 Å². The van der Waals surface area contributed by atoms with Crippen molar-refractivity contribution in [1.29, 1.82) is 5.41 Å². The normalized spacial score (nSPS) is 9.18. The van der Waals surface area contributed by atoms with Crippen molar-refractivity contribution in [2.75, 3.05) is 0 Å². The maximum absolute atomic E-state index is 7.13. The smallest absolute Gasteiger partial charge is 0.0953 e. The van der Waals surface area contributed by atoms with E-state index in [1.807, 2.05) is 13.8 Å². The summed E-state index contributed by atoms with van der Waals surface area (Å²) in [5, 5.41) is 7.13. The summed E-state index contributed by atoms with van der Waals surface area (Å²) in [5.74, 6) is 0. The van der Waals surface area contributed by atoms with Crippen LogP contribution in [0.2, 0.25) is 0 Å². The van der Waals surface area contributed by atoms with Crippen LogP contribution in [0.4, 0.5) is 0 Å². The van der Waals surface area contributed by atoms with E-state index in [-0.39, 0.29) is 5.71 Å². The van der Waals surface area contributed by atoms with Gasteiger partial charge in [-0.2, -0.15) is 0 Å². The predicted molar refractivity (Wildman–Crippen MR) is 55.9 cm³/mol. The van der Waals surface area contributed by atoms with Crippen LogP contribution in [0, 0.1) is 5.41 Å². The second kappa shape index (κ2) is 9.17. The second-order valence-corrected chi connectivity index (χ2v) is 1.51. The van der Waals surface area contributed by atoms with Crippen LogP contribution in [-0.4, -0.2) is 11.4 Å². The lowest BCUT2D eigenvalue weighted by Crippen LogP contribution is -2.04. The number of rotatable bonds is 3. The Labute approximate surface area is 73.8 Å². The Morgan fingerprint density at radius 1 is 1.36 bits per heavy atom. The van der Waals surface area contributed by atoms with Crippen LogP contribution < -0.4 is 0 Å². The average molecular weight is 170 g/mol. The molecule has 62 valence electrons. The van der Waals surface area contributed by atoms with Crippen molar-refractivity contribution < 1.29 is 0 Å². The van der Waals surface area contributed by atoms with Gasteiger partial charge in [0.25, 0.3) is 0 Å². The molecular formula is C8H14N2S. The molecule has 0 unspecified atom stereocenters. The fourth-order valence-electron chi connectivity index (χ4n) is 0.309. The number of allylic oxidation sites excluding steroid dienone is 2. The summed E-state index contributed by atoms with van der Waals surface area (Å²) < 4.78 is 3.47. The Balaban J connectivity index is 0. The maximum atomic E-state index is 7.13. The lowest BCUT2D eigenvalue weighted by Gasteiger charge is -1.91. The summed E-state index contributed by atoms with van der Waals surface area (Å²) in [4.78, 5) is 0. The summed E-state index contributed by atoms with van der Waals surface area (Å²) >= 11 is 3.62. The van der Waals surface area contributed by atoms with Gasteiger partial charge >= 0.3 is 0 Å². The zero-order valence-electron chi connectivity index (χ0n) is 6.96. The Morgan fingerprint density at radius 2 is 1.82 bits per heavy atom. The molecule has 0 aromatic rings. The van der Waals surface area contributed by atoms with E-state index in [9.17, 15) is 0 Å². The molecule has 0 fully saturated rings. The van der Waals surface area contributed by atoms with E-state index in [1.54, 1.807) is 0 Å². The van der Waals surface area contributed by atoms with Gasteiger partial charge in [-0.25, -0.2) is 4.40 Å². The molecule has 3 heteroatoms. The lowest BCUT2D eigenvalue weighted by molar-refractivity contribution is 1.50. The first kappa shape index (κ1) is 12.8. The number of nitrogens with one attached hydrogen (secondary N) is 1. The third-order valence-corrected chi connectivity index (χ3v) is 0.997. The molecule has 0 saturated heterocycles. The molecule has 0 rings (SSSR count). The van der Waals surface area contributed by atoms with Crippen LogP contribution in [0.5, 0.6) is 0 Å². The van der Waals surface area contributed by atoms with Crippen molar-refractivity contribution in [3.8, 4) is 0 Å². The van der Waals surface area contributed by atoms with Gasteiger partial charge in [0, 0.05) is 0 Å². The zero-order valence-corrected chi connectivity index (χ0v) is 7.86. The Kier molecular flexibility index (Phi) is 10.7. The summed E-state index contributed by atoms with van der Waals surface area (Å²) in [6, 6.07) is 0. The molecule has 0 heterocycles. The van der Waals surface area contributed by atoms with Gasteiger partial charge in [0.1, 0.15) is 0 Å². The van der Waals surface area contributed by atoms with E-state index < -0.39 is 0 Å². The molecule has 0 atom stereocenters. The average Bonchev–Trinajstić information content (AvgIpc) is 2.10. The van der Waals surface area contributed by atoms with E-state index in [4.69, 9.17) is 5.41 Å². The fourth-order valence-corrected chi connectivity index (χ4v) is 0.499. The molecule has 0 aliphatic carbocycles. The first-order chi connectivity index (χ1) is 5.26. The highest BCUT2D eigenvalue weighted by atomic mass is 32.1. The molecular weight excluding hydrogens is 156 g/mol. The lowest BCUT2D eigenvalue weighted by atomic mass is 10.2. The van der Waals surface area contributed by atoms with Gasteiger partial charge in [-0.15, -0.1) is 0 Å². The zero-order chi connectivity index (χ0) is 9.28. The molecule has 0 aliphatic heterocycles. The van der Waals surface area contributed by atoms with Gasteiger partial charge in [-0.3, -0.25) is 5.41 Å². The van der Waals surface area contributed by atoms with E-state index in [1.165, 1.54) is 12.2 Å². The summed E-state index contributed by atoms with van der Waals surface area (Å²) in [5.41, 5.74) is 0.674. The third kappa shape index (κ3) is 5.61. The number of thiol groups is 1. The highest BCUT2D eigenvalue weighted by molar-refractivity contribution is 7.79. The Hall–Kier alpha value is -0.830. The quantitative estimate of drug-likeness (QED) is 0.482. The van der Waals surface area contributed by atoms with Crippen LogP contribution in [-0.2, 0) is 0 Å². The van der Waals surface area contributed by atoms with Crippen molar-refractivity contribution in [3.05, 3.63) is 25.3 Å². The highest BCUT2D eigenvalue weighted by Crippen LogP contribution is 1.87. The van der Waals surface area contributed by atoms with Crippen LogP contribution in [0.15, 0.2) is 29.7 Å². The first-order valence-electron chi connectivity index (χ1n) is 3.32. The molecule has 0 radical (unpaired) electrons. The summed E-state index contributed by atoms with van der Waals surface area (Å²) in [6.07, 6.45) is 2.84. The monoisotopic (exact) mass is 170 g/mol. The van der Waals surface area contributed by atoms with Gasteiger partial charge in [-0.1, -0.05) is 27.0 Å². The topological polar surface area (TPSA) is 36.2 Å². The van der Waals surface area contributed by atoms with Crippen molar-refractivity contribution in [1.82, 2.24) is 0 Å². The van der Waals surface area contributed by atoms with Crippen LogP contribution >= 0.6 is 12.8 Å². The third-order valence-electron chi connectivity index (χ3n) is 0.781. The minimum Gasteiger partial charge on any atom is -0.299 e. The van der Waals surface area contributed by atoms with E-state index >= 15 is 0 Å². The molecule has 0 aromatic heterocycles.